The second kappa shape index (κ2) is 8.36. The molecule has 8 nitrogen and oxygen atoms in total. The molecule has 0 spiro atoms. The van der Waals surface area contributed by atoms with Crippen LogP contribution in [0, 0.1) is 0 Å². The van der Waals surface area contributed by atoms with Crippen molar-refractivity contribution < 1.29 is 14.3 Å². The normalized spacial score (nSPS) is 12.9. The van der Waals surface area contributed by atoms with Crippen LogP contribution >= 0.6 is 11.3 Å². The van der Waals surface area contributed by atoms with E-state index >= 15 is 0 Å². The first-order valence-electron chi connectivity index (χ1n) is 9.09. The SMILES string of the molecule is COc1cccc(CC(=O)N2CCc3nc(NC(=O)c4cnccn4)sc3C2)c1. The summed E-state index contributed by atoms with van der Waals surface area (Å²) in [6, 6.07) is 7.53. The highest BCUT2D eigenvalue weighted by Crippen LogP contribution is 2.29. The van der Waals surface area contributed by atoms with Crippen molar-refractivity contribution in [2.75, 3.05) is 19.0 Å². The molecule has 0 bridgehead atoms. The summed E-state index contributed by atoms with van der Waals surface area (Å²) in [7, 11) is 1.61. The molecule has 0 fully saturated rings. The smallest absolute Gasteiger partial charge is 0.277 e. The van der Waals surface area contributed by atoms with E-state index < -0.39 is 0 Å². The predicted octanol–water partition coefficient (Wildman–Crippen LogP) is 2.32. The zero-order valence-electron chi connectivity index (χ0n) is 15.8. The number of anilines is 1. The van der Waals surface area contributed by atoms with E-state index in [1.54, 1.807) is 7.11 Å². The number of benzene rings is 1. The van der Waals surface area contributed by atoms with Gasteiger partial charge in [0.2, 0.25) is 5.91 Å². The zero-order chi connectivity index (χ0) is 20.2. The predicted molar refractivity (Wildman–Crippen MR) is 108 cm³/mol. The second-order valence-electron chi connectivity index (χ2n) is 6.53. The lowest BCUT2D eigenvalue weighted by molar-refractivity contribution is -0.131. The van der Waals surface area contributed by atoms with Crippen molar-refractivity contribution in [1.29, 1.82) is 0 Å². The molecular weight excluding hydrogens is 390 g/mol. The molecule has 1 aliphatic rings. The number of hydrogen-bond acceptors (Lipinski definition) is 7. The van der Waals surface area contributed by atoms with Gasteiger partial charge in [0.05, 0.1) is 32.0 Å². The number of nitrogens with zero attached hydrogens (tertiary/aromatic N) is 4. The van der Waals surface area contributed by atoms with E-state index in [1.807, 2.05) is 29.2 Å². The van der Waals surface area contributed by atoms with Gasteiger partial charge in [0, 0.05) is 30.2 Å². The quantitative estimate of drug-likeness (QED) is 0.695. The van der Waals surface area contributed by atoms with E-state index in [0.29, 0.717) is 31.1 Å². The molecule has 29 heavy (non-hydrogen) atoms. The van der Waals surface area contributed by atoms with Crippen LogP contribution in [-0.4, -0.2) is 45.3 Å². The van der Waals surface area contributed by atoms with Gasteiger partial charge in [-0.3, -0.25) is 19.9 Å². The fourth-order valence-corrected chi connectivity index (χ4v) is 4.13. The Labute approximate surface area is 171 Å². The third-order valence-electron chi connectivity index (χ3n) is 4.59. The molecule has 0 radical (unpaired) electrons. The van der Waals surface area contributed by atoms with Crippen LogP contribution < -0.4 is 10.1 Å². The number of hydrogen-bond donors (Lipinski definition) is 1. The Kier molecular flexibility index (Phi) is 5.48. The molecule has 2 aromatic heterocycles. The molecule has 0 saturated carbocycles. The van der Waals surface area contributed by atoms with Crippen LogP contribution in [0.25, 0.3) is 0 Å². The number of rotatable bonds is 5. The summed E-state index contributed by atoms with van der Waals surface area (Å²) < 4.78 is 5.22. The van der Waals surface area contributed by atoms with Gasteiger partial charge >= 0.3 is 0 Å². The minimum atomic E-state index is -0.352. The Hall–Kier alpha value is -3.33. The lowest BCUT2D eigenvalue weighted by atomic mass is 10.1. The van der Waals surface area contributed by atoms with Crippen LogP contribution in [0.2, 0.25) is 0 Å². The Balaban J connectivity index is 1.41. The van der Waals surface area contributed by atoms with Gasteiger partial charge in [-0.15, -0.1) is 0 Å². The Morgan fingerprint density at radius 1 is 1.31 bits per heavy atom. The van der Waals surface area contributed by atoms with Crippen molar-refractivity contribution in [2.45, 2.75) is 19.4 Å². The van der Waals surface area contributed by atoms with Crippen molar-refractivity contribution in [3.63, 3.8) is 0 Å². The molecule has 0 saturated heterocycles. The molecule has 9 heteroatoms. The van der Waals surface area contributed by atoms with Crippen LogP contribution in [-0.2, 0) is 24.2 Å². The standard InChI is InChI=1S/C20H19N5O3S/c1-28-14-4-2-3-13(9-14)10-18(26)25-8-5-15-17(12-25)29-20(23-15)24-19(27)16-11-21-6-7-22-16/h2-4,6-7,9,11H,5,8,10,12H2,1H3,(H,23,24,27). The van der Waals surface area contributed by atoms with E-state index in [9.17, 15) is 9.59 Å². The summed E-state index contributed by atoms with van der Waals surface area (Å²) in [5.74, 6) is 0.444. The van der Waals surface area contributed by atoms with E-state index in [4.69, 9.17) is 4.74 Å². The van der Waals surface area contributed by atoms with Crippen LogP contribution in [0.1, 0.15) is 26.6 Å². The second-order valence-corrected chi connectivity index (χ2v) is 7.61. The summed E-state index contributed by atoms with van der Waals surface area (Å²) in [6.07, 6.45) is 5.36. The van der Waals surface area contributed by atoms with Crippen LogP contribution in [0.15, 0.2) is 42.9 Å². The summed E-state index contributed by atoms with van der Waals surface area (Å²) in [5, 5.41) is 3.27. The maximum Gasteiger partial charge on any atom is 0.277 e. The molecule has 1 aromatic carbocycles. The highest BCUT2D eigenvalue weighted by atomic mass is 32.1. The maximum absolute atomic E-state index is 12.7. The molecule has 3 heterocycles. The topological polar surface area (TPSA) is 97.3 Å². The summed E-state index contributed by atoms with van der Waals surface area (Å²) in [6.45, 7) is 1.11. The highest BCUT2D eigenvalue weighted by molar-refractivity contribution is 7.15. The van der Waals surface area contributed by atoms with Gasteiger partial charge in [-0.25, -0.2) is 9.97 Å². The number of thiazole rings is 1. The molecule has 3 aromatic rings. The van der Waals surface area contributed by atoms with E-state index in [-0.39, 0.29) is 17.5 Å². The van der Waals surface area contributed by atoms with Crippen molar-refractivity contribution in [3.05, 3.63) is 64.7 Å². The van der Waals surface area contributed by atoms with Crippen molar-refractivity contribution in [2.24, 2.45) is 0 Å². The molecule has 0 atom stereocenters. The molecular formula is C20H19N5O3S. The van der Waals surface area contributed by atoms with E-state index in [1.165, 1.54) is 29.9 Å². The van der Waals surface area contributed by atoms with Crippen molar-refractivity contribution >= 4 is 28.3 Å². The van der Waals surface area contributed by atoms with Crippen LogP contribution in [0.4, 0.5) is 5.13 Å². The Morgan fingerprint density at radius 3 is 3.00 bits per heavy atom. The Bertz CT molecular complexity index is 1040. The number of aromatic nitrogens is 3. The first kappa shape index (κ1) is 19.0. The first-order chi connectivity index (χ1) is 14.1. The zero-order valence-corrected chi connectivity index (χ0v) is 16.6. The van der Waals surface area contributed by atoms with Gasteiger partial charge < -0.3 is 9.64 Å². The number of carbonyl (C=O) groups is 2. The number of amides is 2. The van der Waals surface area contributed by atoms with Gasteiger partial charge in [0.25, 0.3) is 5.91 Å². The molecule has 4 rings (SSSR count). The van der Waals surface area contributed by atoms with Gasteiger partial charge in [-0.05, 0) is 17.7 Å². The molecule has 0 unspecified atom stereocenters. The largest absolute Gasteiger partial charge is 0.497 e. The van der Waals surface area contributed by atoms with Crippen LogP contribution in [0.5, 0.6) is 5.75 Å². The van der Waals surface area contributed by atoms with E-state index in [2.05, 4.69) is 20.3 Å². The van der Waals surface area contributed by atoms with Gasteiger partial charge in [-0.2, -0.15) is 0 Å². The Morgan fingerprint density at radius 2 is 2.21 bits per heavy atom. The number of carbonyl (C=O) groups excluding carboxylic acids is 2. The monoisotopic (exact) mass is 409 g/mol. The molecule has 1 aliphatic heterocycles. The van der Waals surface area contributed by atoms with Gasteiger partial charge in [-0.1, -0.05) is 23.5 Å². The molecule has 1 N–H and O–H groups in total. The fraction of sp³-hybridized carbons (Fsp3) is 0.250. The lowest BCUT2D eigenvalue weighted by Crippen LogP contribution is -2.36. The van der Waals surface area contributed by atoms with Gasteiger partial charge in [0.1, 0.15) is 11.4 Å². The van der Waals surface area contributed by atoms with Crippen LogP contribution in [0.3, 0.4) is 0 Å². The number of nitrogens with one attached hydrogen (secondary N) is 1. The molecule has 148 valence electrons. The number of fused-ring (bicyclic) bond motifs is 1. The molecule has 0 aliphatic carbocycles. The first-order valence-corrected chi connectivity index (χ1v) is 9.90. The maximum atomic E-state index is 12.7. The average molecular weight is 409 g/mol. The van der Waals surface area contributed by atoms with Crippen molar-refractivity contribution in [3.8, 4) is 5.75 Å². The summed E-state index contributed by atoms with van der Waals surface area (Å²) >= 11 is 1.39. The summed E-state index contributed by atoms with van der Waals surface area (Å²) in [5.41, 5.74) is 2.08. The van der Waals surface area contributed by atoms with Crippen molar-refractivity contribution in [1.82, 2.24) is 19.9 Å². The van der Waals surface area contributed by atoms with Gasteiger partial charge in [0.15, 0.2) is 5.13 Å². The molecule has 2 amide bonds. The summed E-state index contributed by atoms with van der Waals surface area (Å²) in [4.78, 5) is 40.2. The third kappa shape index (κ3) is 4.40. The number of ether oxygens (including phenoxy) is 1. The fourth-order valence-electron chi connectivity index (χ4n) is 3.11. The minimum Gasteiger partial charge on any atom is -0.497 e. The number of methoxy groups -OCH3 is 1. The lowest BCUT2D eigenvalue weighted by Gasteiger charge is -2.26. The minimum absolute atomic E-state index is 0.0578. The average Bonchev–Trinajstić information content (AvgIpc) is 3.15. The third-order valence-corrected chi connectivity index (χ3v) is 5.59. The van der Waals surface area contributed by atoms with E-state index in [0.717, 1.165) is 21.9 Å². The highest BCUT2D eigenvalue weighted by Gasteiger charge is 2.25.